The molecule has 1 aromatic heterocycles. The van der Waals surface area contributed by atoms with Crippen LogP contribution < -0.4 is 5.32 Å². The molecule has 1 N–H and O–H groups in total. The molecule has 0 saturated carbocycles. The second kappa shape index (κ2) is 6.37. The summed E-state index contributed by atoms with van der Waals surface area (Å²) >= 11 is 3.59. The Bertz CT molecular complexity index is 741. The van der Waals surface area contributed by atoms with E-state index in [4.69, 9.17) is 0 Å². The van der Waals surface area contributed by atoms with E-state index in [1.165, 1.54) is 11.1 Å². The van der Waals surface area contributed by atoms with Crippen molar-refractivity contribution in [2.24, 2.45) is 0 Å². The van der Waals surface area contributed by atoms with Gasteiger partial charge in [-0.25, -0.2) is 0 Å². The summed E-state index contributed by atoms with van der Waals surface area (Å²) in [6.45, 7) is 2.99. The summed E-state index contributed by atoms with van der Waals surface area (Å²) in [6.07, 6.45) is 1.85. The zero-order valence-corrected chi connectivity index (χ0v) is 13.5. The second-order valence-corrected chi connectivity index (χ2v) is 5.97. The third-order valence-corrected chi connectivity index (χ3v) is 4.39. The number of nitrogens with zero attached hydrogens (tertiary/aromatic N) is 1. The fraction of sp³-hybridized carbons (Fsp3) is 0.167. The number of benzene rings is 2. The summed E-state index contributed by atoms with van der Waals surface area (Å²) in [6, 6.07) is 19.1. The zero-order chi connectivity index (χ0) is 14.7. The molecule has 3 aromatic rings. The lowest BCUT2D eigenvalue weighted by atomic mass is 10.1. The lowest BCUT2D eigenvalue weighted by Gasteiger charge is -2.15. The average Bonchev–Trinajstić information content (AvgIpc) is 2.55. The van der Waals surface area contributed by atoms with Crippen molar-refractivity contribution in [2.45, 2.75) is 19.5 Å². The zero-order valence-electron chi connectivity index (χ0n) is 11.9. The molecule has 0 amide bonds. The lowest BCUT2D eigenvalue weighted by molar-refractivity contribution is 0.576. The first-order valence-electron chi connectivity index (χ1n) is 7.06. The molecule has 0 aliphatic heterocycles. The van der Waals surface area contributed by atoms with Crippen LogP contribution in [0.1, 0.15) is 24.1 Å². The van der Waals surface area contributed by atoms with Gasteiger partial charge in [0.05, 0.1) is 5.52 Å². The van der Waals surface area contributed by atoms with Crippen molar-refractivity contribution >= 4 is 26.8 Å². The van der Waals surface area contributed by atoms with Crippen molar-refractivity contribution < 1.29 is 0 Å². The molecule has 2 aromatic carbocycles. The van der Waals surface area contributed by atoms with Crippen LogP contribution in [0.25, 0.3) is 10.9 Å². The van der Waals surface area contributed by atoms with Crippen LogP contribution in [-0.2, 0) is 6.54 Å². The number of nitrogens with one attached hydrogen (secondary N) is 1. The van der Waals surface area contributed by atoms with Crippen LogP contribution in [0.15, 0.2) is 65.3 Å². The Balaban J connectivity index is 1.81. The minimum atomic E-state index is 0.314. The first kappa shape index (κ1) is 14.2. The highest BCUT2D eigenvalue weighted by Crippen LogP contribution is 2.25. The number of hydrogen-bond donors (Lipinski definition) is 1. The van der Waals surface area contributed by atoms with Crippen LogP contribution in [0.5, 0.6) is 0 Å². The van der Waals surface area contributed by atoms with E-state index in [2.05, 4.69) is 75.6 Å². The Kier molecular flexibility index (Phi) is 4.32. The number of halogens is 1. The van der Waals surface area contributed by atoms with E-state index < -0.39 is 0 Å². The van der Waals surface area contributed by atoms with E-state index in [-0.39, 0.29) is 0 Å². The molecule has 0 aliphatic carbocycles. The van der Waals surface area contributed by atoms with Crippen molar-refractivity contribution in [3.8, 4) is 0 Å². The molecule has 0 spiro atoms. The van der Waals surface area contributed by atoms with Crippen molar-refractivity contribution in [3.05, 3.63) is 76.4 Å². The Morgan fingerprint density at radius 1 is 1.05 bits per heavy atom. The molecule has 0 saturated heterocycles. The van der Waals surface area contributed by atoms with Crippen LogP contribution in [-0.4, -0.2) is 4.98 Å². The summed E-state index contributed by atoms with van der Waals surface area (Å²) in [5.74, 6) is 0. The van der Waals surface area contributed by atoms with E-state index >= 15 is 0 Å². The monoisotopic (exact) mass is 340 g/mol. The van der Waals surface area contributed by atoms with Gasteiger partial charge in [-0.15, -0.1) is 0 Å². The van der Waals surface area contributed by atoms with E-state index in [9.17, 15) is 0 Å². The van der Waals surface area contributed by atoms with Gasteiger partial charge < -0.3 is 5.32 Å². The van der Waals surface area contributed by atoms with Crippen molar-refractivity contribution in [3.63, 3.8) is 0 Å². The molecule has 0 radical (unpaired) electrons. The molecule has 0 unspecified atom stereocenters. The quantitative estimate of drug-likeness (QED) is 0.734. The van der Waals surface area contributed by atoms with Crippen molar-refractivity contribution in [1.29, 1.82) is 0 Å². The van der Waals surface area contributed by atoms with Gasteiger partial charge in [0.1, 0.15) is 0 Å². The molecular formula is C18H17BrN2. The van der Waals surface area contributed by atoms with Gasteiger partial charge in [-0.3, -0.25) is 4.98 Å². The van der Waals surface area contributed by atoms with Crippen molar-refractivity contribution in [2.75, 3.05) is 0 Å². The summed E-state index contributed by atoms with van der Waals surface area (Å²) in [5.41, 5.74) is 3.57. The molecule has 3 rings (SSSR count). The van der Waals surface area contributed by atoms with Crippen LogP contribution in [0.3, 0.4) is 0 Å². The molecule has 1 atom stereocenters. The van der Waals surface area contributed by atoms with E-state index in [1.807, 2.05) is 18.3 Å². The highest BCUT2D eigenvalue weighted by Gasteiger charge is 2.08. The van der Waals surface area contributed by atoms with Gasteiger partial charge in [-0.2, -0.15) is 0 Å². The Labute approximate surface area is 133 Å². The fourth-order valence-corrected chi connectivity index (χ4v) is 2.91. The molecule has 3 heteroatoms. The maximum absolute atomic E-state index is 4.52. The maximum Gasteiger partial charge on any atom is 0.0758 e. The van der Waals surface area contributed by atoms with Gasteiger partial charge in [-0.05, 0) is 30.2 Å². The molecule has 0 fully saturated rings. The van der Waals surface area contributed by atoms with Crippen molar-refractivity contribution in [1.82, 2.24) is 10.3 Å². The number of fused-ring (bicyclic) bond motifs is 1. The predicted molar refractivity (Wildman–Crippen MR) is 91.1 cm³/mol. The third kappa shape index (κ3) is 3.14. The van der Waals surface area contributed by atoms with Gasteiger partial charge in [0.2, 0.25) is 0 Å². The largest absolute Gasteiger partial charge is 0.306 e. The number of aromatic nitrogens is 1. The lowest BCUT2D eigenvalue weighted by Crippen LogP contribution is -2.18. The van der Waals surface area contributed by atoms with E-state index in [0.29, 0.717) is 6.04 Å². The number of hydrogen-bond acceptors (Lipinski definition) is 2. The van der Waals surface area contributed by atoms with Crippen LogP contribution in [0.2, 0.25) is 0 Å². The summed E-state index contributed by atoms with van der Waals surface area (Å²) in [4.78, 5) is 4.52. The molecule has 1 heterocycles. The van der Waals surface area contributed by atoms with Crippen LogP contribution in [0, 0.1) is 0 Å². The number of pyridine rings is 1. The second-order valence-electron chi connectivity index (χ2n) is 5.12. The third-order valence-electron chi connectivity index (χ3n) is 3.70. The maximum atomic E-state index is 4.52. The summed E-state index contributed by atoms with van der Waals surface area (Å²) in [5, 5.41) is 4.73. The smallest absolute Gasteiger partial charge is 0.0758 e. The Hall–Kier alpha value is -1.71. The normalized spacial score (nSPS) is 12.5. The summed E-state index contributed by atoms with van der Waals surface area (Å²) in [7, 11) is 0. The van der Waals surface area contributed by atoms with Gasteiger partial charge in [0.25, 0.3) is 0 Å². The first-order valence-corrected chi connectivity index (χ1v) is 7.85. The molecular weight excluding hydrogens is 324 g/mol. The Morgan fingerprint density at radius 3 is 2.67 bits per heavy atom. The number of rotatable bonds is 4. The molecule has 21 heavy (non-hydrogen) atoms. The van der Waals surface area contributed by atoms with Gasteiger partial charge in [-0.1, -0.05) is 58.4 Å². The van der Waals surface area contributed by atoms with Gasteiger partial charge >= 0.3 is 0 Å². The molecule has 106 valence electrons. The summed E-state index contributed by atoms with van der Waals surface area (Å²) < 4.78 is 1.09. The minimum Gasteiger partial charge on any atom is -0.306 e. The fourth-order valence-electron chi connectivity index (χ4n) is 2.46. The van der Waals surface area contributed by atoms with E-state index in [1.54, 1.807) is 0 Å². The first-order chi connectivity index (χ1) is 10.3. The minimum absolute atomic E-state index is 0.314. The molecule has 2 nitrogen and oxygen atoms in total. The molecule has 0 aliphatic rings. The highest BCUT2D eigenvalue weighted by atomic mass is 79.9. The highest BCUT2D eigenvalue weighted by molar-refractivity contribution is 9.10. The van der Waals surface area contributed by atoms with Crippen LogP contribution in [0.4, 0.5) is 0 Å². The SMILES string of the molecule is C[C@@H](NCc1ccc(Br)c2cccnc12)c1ccccc1. The Morgan fingerprint density at radius 2 is 1.86 bits per heavy atom. The van der Waals surface area contributed by atoms with Gasteiger partial charge in [0, 0.05) is 28.6 Å². The van der Waals surface area contributed by atoms with Gasteiger partial charge in [0.15, 0.2) is 0 Å². The predicted octanol–water partition coefficient (Wildman–Crippen LogP) is 4.85. The topological polar surface area (TPSA) is 24.9 Å². The molecule has 0 bridgehead atoms. The van der Waals surface area contributed by atoms with Crippen LogP contribution >= 0.6 is 15.9 Å². The standard InChI is InChI=1S/C18H17BrN2/c1-13(14-6-3-2-4-7-14)21-12-15-9-10-17(19)16-8-5-11-20-18(15)16/h2-11,13,21H,12H2,1H3/t13-/m1/s1. The van der Waals surface area contributed by atoms with E-state index in [0.717, 1.165) is 21.9 Å². The average molecular weight is 341 g/mol.